The molecule has 0 saturated carbocycles. The average molecular weight is 820 g/mol. The number of aromatic nitrogens is 3. The Morgan fingerprint density at radius 1 is 0.983 bits per heavy atom. The first-order valence-electron chi connectivity index (χ1n) is 20.9. The molecule has 3 aromatic rings. The van der Waals surface area contributed by atoms with E-state index >= 15 is 0 Å². The van der Waals surface area contributed by atoms with E-state index in [0.29, 0.717) is 32.4 Å². The average Bonchev–Trinajstić information content (AvgIpc) is 3.67. The Hall–Kier alpha value is -3.86. The van der Waals surface area contributed by atoms with Gasteiger partial charge in [0, 0.05) is 29.7 Å². The van der Waals surface area contributed by atoms with Crippen LogP contribution in [0.4, 0.5) is 0 Å². The molecule has 324 valence electrons. The van der Waals surface area contributed by atoms with E-state index < -0.39 is 72.7 Å². The maximum absolute atomic E-state index is 13.7. The molecule has 2 aromatic carbocycles. The van der Waals surface area contributed by atoms with Gasteiger partial charge in [-0.2, -0.15) is 0 Å². The summed E-state index contributed by atoms with van der Waals surface area (Å²) in [5.74, 6) is -2.76. The number of cyclic esters (lactones) is 1. The van der Waals surface area contributed by atoms with Gasteiger partial charge in [-0.15, -0.1) is 5.10 Å². The topological polar surface area (TPSA) is 180 Å². The van der Waals surface area contributed by atoms with Crippen LogP contribution in [0.15, 0.2) is 72.5 Å². The van der Waals surface area contributed by atoms with Crippen LogP contribution in [0.2, 0.25) is 0 Å². The minimum Gasteiger partial charge on any atom is -0.462 e. The summed E-state index contributed by atoms with van der Waals surface area (Å²) in [5.41, 5.74) is 2.43. The number of aliphatic hydroxyl groups is 4. The van der Waals surface area contributed by atoms with Gasteiger partial charge in [0.25, 0.3) is 0 Å². The number of allylic oxidation sites excluding steroid dienone is 3. The lowest BCUT2D eigenvalue weighted by atomic mass is 9.79. The van der Waals surface area contributed by atoms with E-state index in [1.165, 1.54) is 0 Å². The SMILES string of the molecule is CC[C@H]1OC(=O)C[C@@H](O)[C@H](C)[C@@H](O[C@@H]2O[C@H](C)[C@@H](O)C(N(C)C)C2O)[C@@H](CCN(C)Cc2cn(-c3cccc4ccccc34)nn2)C[C@@H](C)C(=O)/C=C/C(C)=C/[C@@H]1CO. The number of ether oxygens (including phenoxy) is 3. The number of likely N-dealkylation sites (N-methyl/N-ethyl adjacent to an activating group) is 1. The molecule has 2 aliphatic heterocycles. The molecule has 14 heteroatoms. The molecule has 59 heavy (non-hydrogen) atoms. The molecule has 12 atom stereocenters. The van der Waals surface area contributed by atoms with Crippen LogP contribution in [0.1, 0.15) is 66.0 Å². The zero-order chi connectivity index (χ0) is 43.0. The molecular weight excluding hydrogens is 755 g/mol. The second kappa shape index (κ2) is 21.1. The maximum atomic E-state index is 13.7. The van der Waals surface area contributed by atoms with Gasteiger partial charge in [-0.3, -0.25) is 9.59 Å². The molecule has 5 rings (SSSR count). The van der Waals surface area contributed by atoms with Crippen molar-refractivity contribution < 1.29 is 44.2 Å². The van der Waals surface area contributed by atoms with E-state index in [2.05, 4.69) is 33.4 Å². The third kappa shape index (κ3) is 11.7. The molecule has 0 bridgehead atoms. The van der Waals surface area contributed by atoms with Crippen LogP contribution in [0.25, 0.3) is 16.5 Å². The van der Waals surface area contributed by atoms with Crippen LogP contribution in [0.5, 0.6) is 0 Å². The number of esters is 1. The summed E-state index contributed by atoms with van der Waals surface area (Å²) in [6, 6.07) is 13.5. The van der Waals surface area contributed by atoms with E-state index in [1.807, 2.05) is 58.3 Å². The number of hydrogen-bond acceptors (Lipinski definition) is 13. The molecule has 0 aliphatic carbocycles. The van der Waals surface area contributed by atoms with Gasteiger partial charge >= 0.3 is 5.97 Å². The minimum atomic E-state index is -1.25. The van der Waals surface area contributed by atoms with Crippen molar-refractivity contribution in [3.8, 4) is 5.69 Å². The van der Waals surface area contributed by atoms with Gasteiger partial charge in [0.15, 0.2) is 12.1 Å². The van der Waals surface area contributed by atoms with E-state index in [-0.39, 0.29) is 24.7 Å². The first-order valence-corrected chi connectivity index (χ1v) is 20.9. The van der Waals surface area contributed by atoms with Crippen molar-refractivity contribution in [3.05, 3.63) is 78.2 Å². The van der Waals surface area contributed by atoms with E-state index in [1.54, 1.807) is 55.8 Å². The van der Waals surface area contributed by atoms with Crippen molar-refractivity contribution in [2.45, 2.75) is 116 Å². The highest BCUT2D eigenvalue weighted by Crippen LogP contribution is 2.35. The van der Waals surface area contributed by atoms with E-state index in [9.17, 15) is 30.0 Å². The smallest absolute Gasteiger partial charge is 0.308 e. The third-order valence-electron chi connectivity index (χ3n) is 12.0. The molecule has 4 N–H and O–H groups in total. The summed E-state index contributed by atoms with van der Waals surface area (Å²) < 4.78 is 20.5. The minimum absolute atomic E-state index is 0.0995. The number of rotatable bonds is 11. The lowest BCUT2D eigenvalue weighted by Gasteiger charge is -2.46. The fraction of sp³-hybridized carbons (Fsp3) is 0.600. The zero-order valence-corrected chi connectivity index (χ0v) is 35.8. The van der Waals surface area contributed by atoms with Crippen LogP contribution in [0.3, 0.4) is 0 Å². The Bertz CT molecular complexity index is 1890. The van der Waals surface area contributed by atoms with Crippen molar-refractivity contribution in [2.75, 3.05) is 34.3 Å². The maximum Gasteiger partial charge on any atom is 0.308 e. The number of carbonyl (C=O) groups is 2. The number of benzene rings is 2. The van der Waals surface area contributed by atoms with Crippen LogP contribution < -0.4 is 0 Å². The quantitative estimate of drug-likeness (QED) is 0.204. The van der Waals surface area contributed by atoms with E-state index in [0.717, 1.165) is 27.7 Å². The van der Waals surface area contributed by atoms with Gasteiger partial charge in [0.05, 0.1) is 61.1 Å². The highest BCUT2D eigenvalue weighted by atomic mass is 16.7. The highest BCUT2D eigenvalue weighted by molar-refractivity contribution is 5.92. The number of nitrogens with zero attached hydrogens (tertiary/aromatic N) is 5. The van der Waals surface area contributed by atoms with Gasteiger partial charge in [-0.1, -0.05) is 80.1 Å². The normalized spacial score (nSPS) is 33.2. The van der Waals surface area contributed by atoms with Crippen molar-refractivity contribution in [1.29, 1.82) is 0 Å². The fourth-order valence-electron chi connectivity index (χ4n) is 8.50. The molecule has 1 fully saturated rings. The largest absolute Gasteiger partial charge is 0.462 e. The Morgan fingerprint density at radius 3 is 2.42 bits per heavy atom. The predicted octanol–water partition coefficient (Wildman–Crippen LogP) is 4.07. The fourth-order valence-corrected chi connectivity index (χ4v) is 8.50. The monoisotopic (exact) mass is 819 g/mol. The van der Waals surface area contributed by atoms with Crippen molar-refractivity contribution in [2.24, 2.45) is 23.7 Å². The number of ketones is 1. The van der Waals surface area contributed by atoms with Crippen LogP contribution >= 0.6 is 0 Å². The summed E-state index contributed by atoms with van der Waals surface area (Å²) >= 11 is 0. The molecule has 1 aromatic heterocycles. The van der Waals surface area contributed by atoms with Crippen molar-refractivity contribution in [3.63, 3.8) is 0 Å². The Kier molecular flexibility index (Phi) is 16.5. The molecule has 1 saturated heterocycles. The number of carbonyl (C=O) groups excluding carboxylic acids is 2. The van der Waals surface area contributed by atoms with E-state index in [4.69, 9.17) is 14.2 Å². The number of aliphatic hydroxyl groups excluding tert-OH is 4. The molecule has 2 unspecified atom stereocenters. The first-order chi connectivity index (χ1) is 28.1. The second-order valence-electron chi connectivity index (χ2n) is 16.9. The highest BCUT2D eigenvalue weighted by Gasteiger charge is 2.47. The van der Waals surface area contributed by atoms with Gasteiger partial charge < -0.3 is 44.4 Å². The van der Waals surface area contributed by atoms with Crippen LogP contribution in [0, 0.1) is 23.7 Å². The standard InChI is InChI=1S/C45H65N5O9/c1-9-39-33(26-51)21-27(2)17-18-37(52)28(3)22-32(19-20-49(8)24-34-25-50(47-46-34)36-16-12-14-31-13-10-11-15-35(31)36)44(29(4)38(53)23-40(54)58-39)59-45-43(56)41(48(6)7)42(55)30(5)57-45/h10-18,21,25,28-30,32-33,38-39,41-45,51,53,55-56H,9,19-20,22-24,26H2,1-8H3/b18-17+,27-21+/t28-,29+,30-,32+,33-,38-,39-,41?,42-,43?,44-,45+/m1/s1. The Labute approximate surface area is 348 Å². The summed E-state index contributed by atoms with van der Waals surface area (Å²) in [6.45, 7) is 9.81. The van der Waals surface area contributed by atoms with Gasteiger partial charge in [0.2, 0.25) is 0 Å². The lowest BCUT2D eigenvalue weighted by molar-refractivity contribution is -0.304. The van der Waals surface area contributed by atoms with Crippen LogP contribution in [-0.4, -0.2) is 140 Å². The summed E-state index contributed by atoms with van der Waals surface area (Å²) in [4.78, 5) is 31.0. The van der Waals surface area contributed by atoms with Gasteiger partial charge in [0.1, 0.15) is 12.2 Å². The summed E-state index contributed by atoms with van der Waals surface area (Å²) in [5, 5.41) is 55.6. The molecule has 14 nitrogen and oxygen atoms in total. The molecule has 0 radical (unpaired) electrons. The molecule has 3 heterocycles. The number of fused-ring (bicyclic) bond motifs is 1. The Balaban J connectivity index is 1.45. The molecule has 0 amide bonds. The number of hydrogen-bond donors (Lipinski definition) is 4. The third-order valence-corrected chi connectivity index (χ3v) is 12.0. The zero-order valence-electron chi connectivity index (χ0n) is 35.8. The lowest BCUT2D eigenvalue weighted by Crippen LogP contribution is -2.63. The second-order valence-corrected chi connectivity index (χ2v) is 16.9. The molecule has 2 aliphatic rings. The van der Waals surface area contributed by atoms with Gasteiger partial charge in [-0.05, 0) is 84.2 Å². The van der Waals surface area contributed by atoms with Crippen molar-refractivity contribution in [1.82, 2.24) is 24.8 Å². The predicted molar refractivity (Wildman–Crippen MR) is 224 cm³/mol. The molecular formula is C45H65N5O9. The molecule has 0 spiro atoms. The Morgan fingerprint density at radius 2 is 1.71 bits per heavy atom. The van der Waals surface area contributed by atoms with Crippen molar-refractivity contribution >= 4 is 22.5 Å². The van der Waals surface area contributed by atoms with Gasteiger partial charge in [-0.25, -0.2) is 4.68 Å². The van der Waals surface area contributed by atoms with Crippen LogP contribution in [-0.2, 0) is 30.3 Å². The first kappa shape index (κ1) is 46.2. The summed E-state index contributed by atoms with van der Waals surface area (Å²) in [6.07, 6.45) is 1.14. The summed E-state index contributed by atoms with van der Waals surface area (Å²) in [7, 11) is 5.50.